The predicted molar refractivity (Wildman–Crippen MR) is 136 cm³/mol. The summed E-state index contributed by atoms with van der Waals surface area (Å²) in [4.78, 5) is 12.5. The zero-order chi connectivity index (χ0) is 23.0. The molecule has 0 heterocycles. The molecule has 0 fully saturated rings. The van der Waals surface area contributed by atoms with Crippen LogP contribution in [-0.4, -0.2) is 11.0 Å². The maximum absolute atomic E-state index is 12.5. The molecular weight excluding hydrogens is 430 g/mol. The average molecular weight is 454 g/mol. The van der Waals surface area contributed by atoms with Crippen molar-refractivity contribution in [3.63, 3.8) is 0 Å². The zero-order valence-electron chi connectivity index (χ0n) is 18.0. The molecule has 164 valence electrons. The highest BCUT2D eigenvalue weighted by Gasteiger charge is 2.10. The topological polar surface area (TPSA) is 49.3 Å². The Morgan fingerprint density at radius 2 is 1.45 bits per heavy atom. The van der Waals surface area contributed by atoms with Crippen LogP contribution in [0.4, 0.5) is 0 Å². The van der Waals surface area contributed by atoms with Crippen LogP contribution in [0.25, 0.3) is 23.3 Å². The van der Waals surface area contributed by atoms with Crippen LogP contribution in [0, 0.1) is 0 Å². The SMILES string of the molecule is O=C(Cc1ccc(Cl)cc1)NCc1ccccc1-c1ccccc1C=Cc1ccc(O)cc1. The summed E-state index contributed by atoms with van der Waals surface area (Å²) in [6.45, 7) is 0.443. The highest BCUT2D eigenvalue weighted by atomic mass is 35.5. The van der Waals surface area contributed by atoms with E-state index in [1.165, 1.54) is 0 Å². The number of halogens is 1. The van der Waals surface area contributed by atoms with Crippen molar-refractivity contribution in [1.29, 1.82) is 0 Å². The molecule has 2 N–H and O–H groups in total. The number of nitrogens with one attached hydrogen (secondary N) is 1. The Bertz CT molecular complexity index is 1260. The molecule has 4 heteroatoms. The lowest BCUT2D eigenvalue weighted by molar-refractivity contribution is -0.120. The van der Waals surface area contributed by atoms with Crippen molar-refractivity contribution in [2.75, 3.05) is 0 Å². The molecule has 4 aromatic rings. The van der Waals surface area contributed by atoms with Crippen LogP contribution in [-0.2, 0) is 17.8 Å². The number of aromatic hydroxyl groups is 1. The van der Waals surface area contributed by atoms with Gasteiger partial charge in [0.15, 0.2) is 0 Å². The number of phenolic OH excluding ortho intramolecular Hbond substituents is 1. The van der Waals surface area contributed by atoms with Crippen molar-refractivity contribution in [3.05, 3.63) is 124 Å². The lowest BCUT2D eigenvalue weighted by Gasteiger charge is -2.13. The second-order valence-corrected chi connectivity index (χ2v) is 8.19. The lowest BCUT2D eigenvalue weighted by atomic mass is 9.94. The van der Waals surface area contributed by atoms with Crippen LogP contribution >= 0.6 is 11.6 Å². The van der Waals surface area contributed by atoms with Crippen LogP contribution in [0.3, 0.4) is 0 Å². The number of hydrogen-bond donors (Lipinski definition) is 2. The van der Waals surface area contributed by atoms with E-state index < -0.39 is 0 Å². The molecule has 4 rings (SSSR count). The van der Waals surface area contributed by atoms with E-state index in [4.69, 9.17) is 11.6 Å². The highest BCUT2D eigenvalue weighted by molar-refractivity contribution is 6.30. The van der Waals surface area contributed by atoms with E-state index in [1.807, 2.05) is 60.7 Å². The van der Waals surface area contributed by atoms with Gasteiger partial charge in [-0.25, -0.2) is 0 Å². The van der Waals surface area contributed by atoms with Crippen molar-refractivity contribution in [2.24, 2.45) is 0 Å². The fourth-order valence-corrected chi connectivity index (χ4v) is 3.77. The number of benzene rings is 4. The molecule has 0 spiro atoms. The van der Waals surface area contributed by atoms with E-state index in [-0.39, 0.29) is 11.7 Å². The minimum atomic E-state index is -0.0346. The van der Waals surface area contributed by atoms with Crippen LogP contribution in [0.2, 0.25) is 5.02 Å². The van der Waals surface area contributed by atoms with Gasteiger partial charge in [-0.1, -0.05) is 96.5 Å². The molecule has 3 nitrogen and oxygen atoms in total. The molecule has 1 amide bonds. The van der Waals surface area contributed by atoms with E-state index in [0.717, 1.165) is 33.4 Å². The number of amides is 1. The Hall–Kier alpha value is -3.82. The first-order valence-corrected chi connectivity index (χ1v) is 11.1. The predicted octanol–water partition coefficient (Wildman–Crippen LogP) is 6.74. The van der Waals surface area contributed by atoms with E-state index in [1.54, 1.807) is 24.3 Å². The molecule has 0 unspecified atom stereocenters. The first kappa shape index (κ1) is 22.4. The summed E-state index contributed by atoms with van der Waals surface area (Å²) in [6.07, 6.45) is 4.40. The van der Waals surface area contributed by atoms with E-state index in [0.29, 0.717) is 18.0 Å². The van der Waals surface area contributed by atoms with Crippen molar-refractivity contribution < 1.29 is 9.90 Å². The third-order valence-electron chi connectivity index (χ3n) is 5.37. The van der Waals surface area contributed by atoms with Gasteiger partial charge in [0.05, 0.1) is 6.42 Å². The molecule has 0 radical (unpaired) electrons. The number of rotatable bonds is 7. The molecule has 0 aliphatic rings. The van der Waals surface area contributed by atoms with Gasteiger partial charge in [-0.15, -0.1) is 0 Å². The van der Waals surface area contributed by atoms with Crippen LogP contribution < -0.4 is 5.32 Å². The van der Waals surface area contributed by atoms with Crippen molar-refractivity contribution in [3.8, 4) is 16.9 Å². The lowest BCUT2D eigenvalue weighted by Crippen LogP contribution is -2.24. The smallest absolute Gasteiger partial charge is 0.224 e. The molecule has 33 heavy (non-hydrogen) atoms. The Balaban J connectivity index is 1.52. The highest BCUT2D eigenvalue weighted by Crippen LogP contribution is 2.28. The normalized spacial score (nSPS) is 10.9. The Labute approximate surface area is 199 Å². The number of carbonyl (C=O) groups excluding carboxylic acids is 1. The van der Waals surface area contributed by atoms with Crippen molar-refractivity contribution >= 4 is 29.7 Å². The van der Waals surface area contributed by atoms with Gasteiger partial charge in [0.2, 0.25) is 5.91 Å². The summed E-state index contributed by atoms with van der Waals surface area (Å²) in [6, 6.07) is 30.7. The molecular formula is C29H24ClNO2. The van der Waals surface area contributed by atoms with Gasteiger partial charge in [-0.3, -0.25) is 4.79 Å². The summed E-state index contributed by atoms with van der Waals surface area (Å²) in [7, 11) is 0. The third-order valence-corrected chi connectivity index (χ3v) is 5.62. The Kier molecular flexibility index (Phi) is 7.23. The van der Waals surface area contributed by atoms with Crippen LogP contribution in [0.5, 0.6) is 5.75 Å². The van der Waals surface area contributed by atoms with Gasteiger partial charge in [-0.05, 0) is 57.6 Å². The minimum absolute atomic E-state index is 0.0346. The molecule has 0 aromatic heterocycles. The third kappa shape index (κ3) is 6.12. The number of carbonyl (C=O) groups is 1. The fourth-order valence-electron chi connectivity index (χ4n) is 3.64. The molecule has 4 aromatic carbocycles. The van der Waals surface area contributed by atoms with Gasteiger partial charge in [-0.2, -0.15) is 0 Å². The summed E-state index contributed by atoms with van der Waals surface area (Å²) < 4.78 is 0. The Morgan fingerprint density at radius 1 is 0.788 bits per heavy atom. The van der Waals surface area contributed by atoms with Crippen molar-refractivity contribution in [2.45, 2.75) is 13.0 Å². The summed E-state index contributed by atoms with van der Waals surface area (Å²) in [5.74, 6) is 0.215. The number of phenols is 1. The number of hydrogen-bond acceptors (Lipinski definition) is 2. The average Bonchev–Trinajstić information content (AvgIpc) is 2.84. The van der Waals surface area contributed by atoms with Crippen LogP contribution in [0.1, 0.15) is 22.3 Å². The first-order valence-electron chi connectivity index (χ1n) is 10.7. The monoisotopic (exact) mass is 453 g/mol. The Morgan fingerprint density at radius 3 is 2.21 bits per heavy atom. The van der Waals surface area contributed by atoms with E-state index in [2.05, 4.69) is 29.6 Å². The van der Waals surface area contributed by atoms with E-state index >= 15 is 0 Å². The fraction of sp³-hybridized carbons (Fsp3) is 0.0690. The largest absolute Gasteiger partial charge is 0.508 e. The molecule has 0 saturated heterocycles. The molecule has 0 atom stereocenters. The maximum Gasteiger partial charge on any atom is 0.224 e. The second kappa shape index (κ2) is 10.7. The summed E-state index contributed by atoms with van der Waals surface area (Å²) >= 11 is 5.93. The zero-order valence-corrected chi connectivity index (χ0v) is 18.8. The minimum Gasteiger partial charge on any atom is -0.508 e. The molecule has 0 aliphatic carbocycles. The molecule has 0 aliphatic heterocycles. The van der Waals surface area contributed by atoms with Gasteiger partial charge in [0.25, 0.3) is 0 Å². The standard InChI is InChI=1S/C29H24ClNO2/c30-25-15-10-22(11-16-25)19-29(33)31-20-24-6-2-4-8-28(24)27-7-3-1-5-23(27)14-9-21-12-17-26(32)18-13-21/h1-18,32H,19-20H2,(H,31,33). The summed E-state index contributed by atoms with van der Waals surface area (Å²) in [5, 5.41) is 13.2. The van der Waals surface area contributed by atoms with Gasteiger partial charge in [0, 0.05) is 11.6 Å². The van der Waals surface area contributed by atoms with Gasteiger partial charge >= 0.3 is 0 Å². The van der Waals surface area contributed by atoms with E-state index in [9.17, 15) is 9.90 Å². The van der Waals surface area contributed by atoms with Gasteiger partial charge < -0.3 is 10.4 Å². The second-order valence-electron chi connectivity index (χ2n) is 7.75. The van der Waals surface area contributed by atoms with Crippen LogP contribution in [0.15, 0.2) is 97.1 Å². The quantitative estimate of drug-likeness (QED) is 0.304. The first-order chi connectivity index (χ1) is 16.1. The molecule has 0 bridgehead atoms. The van der Waals surface area contributed by atoms with Gasteiger partial charge in [0.1, 0.15) is 5.75 Å². The summed E-state index contributed by atoms with van der Waals surface area (Å²) in [5.41, 5.74) is 6.23. The van der Waals surface area contributed by atoms with Crippen molar-refractivity contribution in [1.82, 2.24) is 5.32 Å². The maximum atomic E-state index is 12.5. The molecule has 0 saturated carbocycles.